The van der Waals surface area contributed by atoms with E-state index in [4.69, 9.17) is 18.9 Å². The minimum atomic E-state index is -0.0660. The van der Waals surface area contributed by atoms with Crippen molar-refractivity contribution in [2.75, 3.05) is 36.2 Å². The number of rotatable bonds is 18. The summed E-state index contributed by atoms with van der Waals surface area (Å²) >= 11 is 0. The molecule has 312 valence electrons. The first kappa shape index (κ1) is 42.0. The van der Waals surface area contributed by atoms with Crippen LogP contribution >= 0.6 is 0 Å². The molecule has 0 amide bonds. The van der Waals surface area contributed by atoms with Crippen LogP contribution in [0, 0.1) is 0 Å². The Morgan fingerprint density at radius 2 is 0.738 bits per heavy atom. The molecule has 6 aromatic rings. The van der Waals surface area contributed by atoms with Crippen molar-refractivity contribution >= 4 is 46.3 Å². The summed E-state index contributed by atoms with van der Waals surface area (Å²) < 4.78 is 23.6. The van der Waals surface area contributed by atoms with Gasteiger partial charge in [-0.2, -0.15) is 0 Å². The zero-order chi connectivity index (χ0) is 41.6. The Labute approximate surface area is 362 Å². The molecule has 6 heteroatoms. The third kappa shape index (κ3) is 11.3. The number of hydrogen-bond acceptors (Lipinski definition) is 6. The maximum absolute atomic E-state index is 6.04. The van der Waals surface area contributed by atoms with Crippen molar-refractivity contribution in [3.05, 3.63) is 192 Å². The average Bonchev–Trinajstić information content (AvgIpc) is 3.32. The standard InChI is InChI=1S/C55H58N2O4/c1-3-42-11-23-48(24-12-42)56(49-25-13-43(4-2)14-26-49)52-31-19-46(20-32-52)41-47-21-33-53(34-22-47)57(50-27-15-44(16-28-50)35-39-60-54-9-5-7-37-58-54)51-29-17-45(18-30-51)36-40-61-55-10-6-8-38-59-55/h3-4,11-34,54-55H,1-2,5-10,35-41H2. The molecule has 8 rings (SSSR count). The van der Waals surface area contributed by atoms with E-state index in [-0.39, 0.29) is 12.6 Å². The van der Waals surface area contributed by atoms with Crippen LogP contribution in [0.2, 0.25) is 0 Å². The molecule has 0 N–H and O–H groups in total. The predicted molar refractivity (Wildman–Crippen MR) is 252 cm³/mol. The van der Waals surface area contributed by atoms with E-state index in [0.29, 0.717) is 13.2 Å². The minimum absolute atomic E-state index is 0.0660. The maximum atomic E-state index is 6.04. The van der Waals surface area contributed by atoms with Crippen molar-refractivity contribution in [2.24, 2.45) is 0 Å². The van der Waals surface area contributed by atoms with Gasteiger partial charge in [0.15, 0.2) is 12.6 Å². The normalized spacial score (nSPS) is 16.5. The molecule has 2 aliphatic heterocycles. The molecule has 2 saturated heterocycles. The summed E-state index contributed by atoms with van der Waals surface area (Å²) in [4.78, 5) is 4.62. The van der Waals surface area contributed by atoms with Gasteiger partial charge in [0.05, 0.1) is 13.2 Å². The van der Waals surface area contributed by atoms with Gasteiger partial charge in [0.25, 0.3) is 0 Å². The lowest BCUT2D eigenvalue weighted by Crippen LogP contribution is -2.23. The van der Waals surface area contributed by atoms with E-state index >= 15 is 0 Å². The zero-order valence-corrected chi connectivity index (χ0v) is 35.3. The molecule has 2 aliphatic rings. The summed E-state index contributed by atoms with van der Waals surface area (Å²) in [6, 6.07) is 52.7. The summed E-state index contributed by atoms with van der Waals surface area (Å²) in [5.41, 5.74) is 13.8. The molecular weight excluding hydrogens is 753 g/mol. The van der Waals surface area contributed by atoms with E-state index in [1.165, 1.54) is 35.1 Å². The fourth-order valence-electron chi connectivity index (χ4n) is 8.10. The van der Waals surface area contributed by atoms with Crippen LogP contribution in [-0.4, -0.2) is 39.0 Å². The van der Waals surface area contributed by atoms with Crippen LogP contribution < -0.4 is 9.80 Å². The SMILES string of the molecule is C=Cc1ccc(N(c2ccc(C=C)cc2)c2ccc(Cc3ccc(N(c4ccc(CCOC5CCCCO5)cc4)c4ccc(CCOC5CCCCO5)cc4)cc3)cc2)cc1. The molecule has 2 unspecified atom stereocenters. The van der Waals surface area contributed by atoms with Crippen LogP contribution in [0.25, 0.3) is 12.2 Å². The quantitative estimate of drug-likeness (QED) is 0.0861. The number of benzene rings is 6. The van der Waals surface area contributed by atoms with Crippen LogP contribution in [0.5, 0.6) is 0 Å². The molecule has 6 aromatic carbocycles. The molecule has 2 atom stereocenters. The molecule has 0 saturated carbocycles. The van der Waals surface area contributed by atoms with E-state index in [2.05, 4.69) is 169 Å². The Bertz CT molecular complexity index is 2140. The summed E-state index contributed by atoms with van der Waals surface area (Å²) in [6.07, 6.45) is 12.7. The summed E-state index contributed by atoms with van der Waals surface area (Å²) in [5.74, 6) is 0. The van der Waals surface area contributed by atoms with Crippen LogP contribution in [0.15, 0.2) is 159 Å². The highest BCUT2D eigenvalue weighted by atomic mass is 16.7. The first-order valence-electron chi connectivity index (χ1n) is 22.0. The number of hydrogen-bond donors (Lipinski definition) is 0. The Kier molecular flexibility index (Phi) is 14.6. The molecular formula is C55H58N2O4. The lowest BCUT2D eigenvalue weighted by atomic mass is 10.0. The highest BCUT2D eigenvalue weighted by molar-refractivity contribution is 5.78. The van der Waals surface area contributed by atoms with Gasteiger partial charge < -0.3 is 28.7 Å². The van der Waals surface area contributed by atoms with Gasteiger partial charge >= 0.3 is 0 Å². The lowest BCUT2D eigenvalue weighted by molar-refractivity contribution is -0.161. The van der Waals surface area contributed by atoms with Gasteiger partial charge in [0.1, 0.15) is 0 Å². The van der Waals surface area contributed by atoms with Crippen molar-refractivity contribution in [3.8, 4) is 0 Å². The second-order valence-electron chi connectivity index (χ2n) is 15.9. The highest BCUT2D eigenvalue weighted by Gasteiger charge is 2.17. The lowest BCUT2D eigenvalue weighted by Gasteiger charge is -2.26. The second kappa shape index (κ2) is 21.2. The summed E-state index contributed by atoms with van der Waals surface area (Å²) in [6.45, 7) is 10.8. The van der Waals surface area contributed by atoms with E-state index in [1.54, 1.807) is 0 Å². The zero-order valence-electron chi connectivity index (χ0n) is 35.3. The van der Waals surface area contributed by atoms with Gasteiger partial charge in [-0.15, -0.1) is 0 Å². The molecule has 0 aromatic heterocycles. The van der Waals surface area contributed by atoms with Crippen molar-refractivity contribution in [3.63, 3.8) is 0 Å². The smallest absolute Gasteiger partial charge is 0.157 e. The molecule has 0 aliphatic carbocycles. The third-order valence-corrected chi connectivity index (χ3v) is 11.6. The van der Waals surface area contributed by atoms with E-state index in [1.807, 2.05) is 12.2 Å². The molecule has 0 spiro atoms. The molecule has 0 bridgehead atoms. The fourth-order valence-corrected chi connectivity index (χ4v) is 8.10. The van der Waals surface area contributed by atoms with Crippen LogP contribution in [0.1, 0.15) is 71.9 Å². The van der Waals surface area contributed by atoms with Gasteiger partial charge in [0.2, 0.25) is 0 Å². The number of anilines is 6. The van der Waals surface area contributed by atoms with E-state index < -0.39 is 0 Å². The second-order valence-corrected chi connectivity index (χ2v) is 15.9. The maximum Gasteiger partial charge on any atom is 0.157 e. The van der Waals surface area contributed by atoms with Crippen molar-refractivity contribution in [2.45, 2.75) is 70.4 Å². The Hall–Kier alpha value is -5.76. The minimum Gasteiger partial charge on any atom is -0.353 e. The molecule has 2 heterocycles. The molecule has 2 fully saturated rings. The van der Waals surface area contributed by atoms with Crippen molar-refractivity contribution in [1.29, 1.82) is 0 Å². The molecule has 6 nitrogen and oxygen atoms in total. The Morgan fingerprint density at radius 3 is 1.03 bits per heavy atom. The van der Waals surface area contributed by atoms with E-state index in [0.717, 1.165) is 103 Å². The third-order valence-electron chi connectivity index (χ3n) is 11.6. The predicted octanol–water partition coefficient (Wildman–Crippen LogP) is 13.7. The largest absolute Gasteiger partial charge is 0.353 e. The first-order chi connectivity index (χ1) is 30.1. The molecule has 0 radical (unpaired) electrons. The summed E-state index contributed by atoms with van der Waals surface area (Å²) in [7, 11) is 0. The number of nitrogens with zero attached hydrogens (tertiary/aromatic N) is 2. The monoisotopic (exact) mass is 810 g/mol. The van der Waals surface area contributed by atoms with E-state index in [9.17, 15) is 0 Å². The molecule has 61 heavy (non-hydrogen) atoms. The Morgan fingerprint density at radius 1 is 0.426 bits per heavy atom. The topological polar surface area (TPSA) is 43.4 Å². The van der Waals surface area contributed by atoms with Gasteiger partial charge in [-0.05, 0) is 164 Å². The van der Waals surface area contributed by atoms with Gasteiger partial charge in [-0.1, -0.05) is 98.1 Å². The van der Waals surface area contributed by atoms with Crippen LogP contribution in [0.3, 0.4) is 0 Å². The fraction of sp³-hybridized carbons (Fsp3) is 0.273. The van der Waals surface area contributed by atoms with Crippen molar-refractivity contribution in [1.82, 2.24) is 0 Å². The highest BCUT2D eigenvalue weighted by Crippen LogP contribution is 2.37. The van der Waals surface area contributed by atoms with Crippen LogP contribution in [0.4, 0.5) is 34.1 Å². The van der Waals surface area contributed by atoms with Gasteiger partial charge in [-0.25, -0.2) is 0 Å². The Balaban J connectivity index is 0.978. The first-order valence-corrected chi connectivity index (χ1v) is 22.0. The average molecular weight is 811 g/mol. The number of ether oxygens (including phenoxy) is 4. The van der Waals surface area contributed by atoms with Gasteiger partial charge in [0, 0.05) is 47.3 Å². The van der Waals surface area contributed by atoms with Gasteiger partial charge in [-0.3, -0.25) is 0 Å². The summed E-state index contributed by atoms with van der Waals surface area (Å²) in [5, 5.41) is 0. The van der Waals surface area contributed by atoms with Crippen LogP contribution in [-0.2, 0) is 38.2 Å². The van der Waals surface area contributed by atoms with Crippen molar-refractivity contribution < 1.29 is 18.9 Å².